The number of rotatable bonds is 18. The van der Waals surface area contributed by atoms with E-state index in [0.29, 0.717) is 12.8 Å². The van der Waals surface area contributed by atoms with E-state index >= 15 is 0 Å². The molecule has 2 aliphatic carbocycles. The van der Waals surface area contributed by atoms with Gasteiger partial charge in [-0.15, -0.1) is 49.5 Å². The van der Waals surface area contributed by atoms with Gasteiger partial charge in [0.15, 0.2) is 0 Å². The lowest BCUT2D eigenvalue weighted by Gasteiger charge is -2.31. The van der Waals surface area contributed by atoms with Crippen LogP contribution in [0.15, 0.2) is 72.8 Å². The Hall–Kier alpha value is -6.96. The Morgan fingerprint density at radius 2 is 0.974 bits per heavy atom. The van der Waals surface area contributed by atoms with Gasteiger partial charge in [0.05, 0.1) is 24.2 Å². The average Bonchev–Trinajstić information content (AvgIpc) is 4.04. The lowest BCUT2D eigenvalue weighted by Crippen LogP contribution is -2.55. The van der Waals surface area contributed by atoms with E-state index in [1.165, 1.54) is 28.0 Å². The van der Waals surface area contributed by atoms with Crippen molar-refractivity contribution in [3.63, 3.8) is 0 Å². The highest BCUT2D eigenvalue weighted by Gasteiger charge is 2.45. The van der Waals surface area contributed by atoms with E-state index < -0.39 is 95.6 Å². The molecule has 0 bridgehead atoms. The van der Waals surface area contributed by atoms with Gasteiger partial charge in [0.1, 0.15) is 24.2 Å². The van der Waals surface area contributed by atoms with E-state index in [9.17, 15) is 38.4 Å². The topological polar surface area (TPSA) is 239 Å². The second-order valence-corrected chi connectivity index (χ2v) is 19.7. The largest absolute Gasteiger partial charge is 0.347 e. The van der Waals surface area contributed by atoms with Crippen molar-refractivity contribution >= 4 is 72.1 Å². The van der Waals surface area contributed by atoms with Gasteiger partial charge in [-0.3, -0.25) is 38.4 Å². The van der Waals surface area contributed by atoms with Gasteiger partial charge >= 0.3 is 0 Å². The molecule has 0 aromatic heterocycles. The number of benzene rings is 3. The van der Waals surface area contributed by atoms with Crippen LogP contribution in [0.25, 0.3) is 0 Å². The Morgan fingerprint density at radius 3 is 1.36 bits per heavy atom. The first-order valence-corrected chi connectivity index (χ1v) is 25.6. The van der Waals surface area contributed by atoms with Crippen LogP contribution in [0.4, 0.5) is 0 Å². The Bertz CT molecular complexity index is 2530. The number of amides is 8. The molecule has 18 nitrogen and oxygen atoms in total. The summed E-state index contributed by atoms with van der Waals surface area (Å²) in [6.07, 6.45) is 16.1. The standard InChI is InChI=1S/C56H68N10O8.2ClH/c1-7-16-45(63-49(67)33(3)57-5)55(73)65-31-39(29-47(65)53(71)61-43-26-14-20-35-18-9-11-24-41(35)43)59-51(69)37-22-13-23-38(28-37)52(70)60-40-30-48(54(72)62-44-27-15-21-36-19-10-12-25-42(36)44)66(32-40)56(74)46(17-8-2)64-50(68)34(4)58-6;;/h1-2,9-13,18-19,22-25,28,33-34,39-40,43-48,57-58H,14-17,20-21,26-27,29-32H2,3-6H3,(H,59,69)(H,60,70)(H,61,71)(H,62,72)(H,63,67)(H,64,68);2*1H/t33-,34-,39-,40-,43+,44+,45-,46-,47-,48-;;/m0../s1. The smallest absolute Gasteiger partial charge is 0.251 e. The zero-order chi connectivity index (χ0) is 53.1. The molecular weight excluding hydrogens is 1010 g/mol. The number of likely N-dealkylation sites (tertiary alicyclic amines) is 2. The van der Waals surface area contributed by atoms with Crippen LogP contribution >= 0.6 is 24.8 Å². The molecule has 76 heavy (non-hydrogen) atoms. The number of nitrogens with one attached hydrogen (secondary N) is 8. The molecule has 2 fully saturated rings. The molecule has 3 aromatic rings. The van der Waals surface area contributed by atoms with Gasteiger partial charge in [-0.05, 0) is 120 Å². The zero-order valence-electron chi connectivity index (χ0n) is 43.3. The summed E-state index contributed by atoms with van der Waals surface area (Å²) < 4.78 is 0. The van der Waals surface area contributed by atoms with Crippen molar-refractivity contribution in [2.75, 3.05) is 27.2 Å². The van der Waals surface area contributed by atoms with Crippen LogP contribution in [-0.4, -0.2) is 133 Å². The number of likely N-dealkylation sites (N-methyl/N-ethyl adjacent to an activating group) is 2. The molecule has 406 valence electrons. The summed E-state index contributed by atoms with van der Waals surface area (Å²) in [6.45, 7) is 3.14. The third kappa shape index (κ3) is 14.3. The Labute approximate surface area is 457 Å². The molecular formula is C56H70Cl2N10O8. The Kier molecular flexibility index (Phi) is 21.8. The van der Waals surface area contributed by atoms with Crippen LogP contribution in [0, 0.1) is 24.7 Å². The monoisotopic (exact) mass is 1080 g/mol. The molecule has 4 aliphatic rings. The van der Waals surface area contributed by atoms with Crippen molar-refractivity contribution in [2.24, 2.45) is 0 Å². The van der Waals surface area contributed by atoms with Gasteiger partial charge in [0.25, 0.3) is 11.8 Å². The number of terminal acetylenes is 2. The molecule has 0 radical (unpaired) electrons. The van der Waals surface area contributed by atoms with Crippen LogP contribution in [0.1, 0.15) is 120 Å². The molecule has 10 atom stereocenters. The van der Waals surface area contributed by atoms with Crippen LogP contribution in [-0.2, 0) is 41.6 Å². The Balaban J connectivity index is 0.00000533. The minimum absolute atomic E-state index is 0. The first-order valence-electron chi connectivity index (χ1n) is 25.6. The van der Waals surface area contributed by atoms with Crippen molar-refractivity contribution in [1.29, 1.82) is 0 Å². The molecule has 0 saturated carbocycles. The summed E-state index contributed by atoms with van der Waals surface area (Å²) in [5.74, 6) is 0.956. The lowest BCUT2D eigenvalue weighted by atomic mass is 9.87. The lowest BCUT2D eigenvalue weighted by molar-refractivity contribution is -0.141. The van der Waals surface area contributed by atoms with Crippen LogP contribution in [0.5, 0.6) is 0 Å². The fraction of sp³-hybridized carbons (Fsp3) is 0.464. The number of carbonyl (C=O) groups is 8. The van der Waals surface area contributed by atoms with Crippen LogP contribution in [0.3, 0.4) is 0 Å². The second kappa shape index (κ2) is 27.7. The van der Waals surface area contributed by atoms with Gasteiger partial charge in [-0.25, -0.2) is 0 Å². The minimum atomic E-state index is -1.14. The third-order valence-electron chi connectivity index (χ3n) is 14.7. The van der Waals surface area contributed by atoms with E-state index in [0.717, 1.165) is 47.9 Å². The molecule has 2 aliphatic heterocycles. The summed E-state index contributed by atoms with van der Waals surface area (Å²) in [6, 6.07) is 14.3. The summed E-state index contributed by atoms with van der Waals surface area (Å²) in [5.41, 5.74) is 4.54. The molecule has 7 rings (SSSR count). The van der Waals surface area contributed by atoms with Gasteiger partial charge in [0.2, 0.25) is 35.4 Å². The summed E-state index contributed by atoms with van der Waals surface area (Å²) in [5, 5.41) is 23.4. The van der Waals surface area contributed by atoms with E-state index in [2.05, 4.69) is 54.4 Å². The highest BCUT2D eigenvalue weighted by Crippen LogP contribution is 2.32. The molecule has 0 unspecified atom stereocenters. The maximum atomic E-state index is 14.3. The third-order valence-corrected chi connectivity index (χ3v) is 14.7. The summed E-state index contributed by atoms with van der Waals surface area (Å²) in [4.78, 5) is 114. The predicted octanol–water partition coefficient (Wildman–Crippen LogP) is 2.55. The Morgan fingerprint density at radius 1 is 0.579 bits per heavy atom. The van der Waals surface area contributed by atoms with Gasteiger partial charge < -0.3 is 52.3 Å². The van der Waals surface area contributed by atoms with E-state index in [4.69, 9.17) is 12.8 Å². The van der Waals surface area contributed by atoms with E-state index in [1.807, 2.05) is 48.5 Å². The fourth-order valence-electron chi connectivity index (χ4n) is 10.4. The number of aryl methyl sites for hydroxylation is 2. The second-order valence-electron chi connectivity index (χ2n) is 19.7. The van der Waals surface area contributed by atoms with Crippen molar-refractivity contribution < 1.29 is 38.4 Å². The molecule has 0 spiro atoms. The summed E-state index contributed by atoms with van der Waals surface area (Å²) >= 11 is 0. The van der Waals surface area contributed by atoms with Crippen LogP contribution < -0.4 is 42.5 Å². The van der Waals surface area contributed by atoms with Gasteiger partial charge in [-0.2, -0.15) is 0 Å². The first-order chi connectivity index (χ1) is 35.6. The molecule has 2 heterocycles. The number of carbonyl (C=O) groups excluding carboxylic acids is 8. The molecule has 3 aromatic carbocycles. The highest BCUT2D eigenvalue weighted by atomic mass is 35.5. The fourth-order valence-corrected chi connectivity index (χ4v) is 10.4. The van der Waals surface area contributed by atoms with Crippen molar-refractivity contribution in [2.45, 2.75) is 138 Å². The molecule has 2 saturated heterocycles. The molecule has 8 N–H and O–H groups in total. The first kappa shape index (κ1) is 59.9. The van der Waals surface area contributed by atoms with Crippen molar-refractivity contribution in [3.05, 3.63) is 106 Å². The maximum Gasteiger partial charge on any atom is 0.251 e. The number of hydrogen-bond acceptors (Lipinski definition) is 10. The predicted molar refractivity (Wildman–Crippen MR) is 292 cm³/mol. The quantitative estimate of drug-likeness (QED) is 0.0867. The zero-order valence-corrected chi connectivity index (χ0v) is 45.0. The minimum Gasteiger partial charge on any atom is -0.347 e. The van der Waals surface area contributed by atoms with E-state index in [-0.39, 0.29) is 86.8 Å². The number of nitrogens with zero attached hydrogens (tertiary/aromatic N) is 2. The summed E-state index contributed by atoms with van der Waals surface area (Å²) in [7, 11) is 3.22. The van der Waals surface area contributed by atoms with Gasteiger partial charge in [0, 0.05) is 49.1 Å². The number of halogens is 2. The highest BCUT2D eigenvalue weighted by molar-refractivity contribution is 6.01. The number of hydrogen-bond donors (Lipinski definition) is 8. The molecule has 20 heteroatoms. The normalized spacial score (nSPS) is 21.8. The van der Waals surface area contributed by atoms with Crippen molar-refractivity contribution in [1.82, 2.24) is 52.3 Å². The SMILES string of the molecule is C#CC[C@H](NC(=O)[C@H](C)NC)C(=O)N1C[C@@H](NC(=O)c2cccc(C(=O)N[C@H]3C[C@@H](C(=O)N[C@@H]4CCCc5ccccc54)N(C(=O)[C@H](CC#C)NC(=O)[C@H](C)NC)C3)c2)C[C@H]1C(=O)N[C@@H]1CCCc2ccccc21.Cl.Cl. The maximum absolute atomic E-state index is 14.3. The van der Waals surface area contributed by atoms with Crippen molar-refractivity contribution in [3.8, 4) is 24.7 Å². The number of fused-ring (bicyclic) bond motifs is 2. The average molecular weight is 1080 g/mol. The van der Waals surface area contributed by atoms with Gasteiger partial charge in [-0.1, -0.05) is 54.6 Å². The van der Waals surface area contributed by atoms with E-state index in [1.54, 1.807) is 34.0 Å². The molecule has 8 amide bonds. The van der Waals surface area contributed by atoms with Crippen LogP contribution in [0.2, 0.25) is 0 Å².